The third kappa shape index (κ3) is 4.35. The summed E-state index contributed by atoms with van der Waals surface area (Å²) in [6.07, 6.45) is 2.68. The third-order valence-corrected chi connectivity index (χ3v) is 2.94. The molecule has 20 heavy (non-hydrogen) atoms. The highest BCUT2D eigenvalue weighted by atomic mass is 16.5. The Bertz CT molecular complexity index is 405. The maximum absolute atomic E-state index is 11.5. The van der Waals surface area contributed by atoms with Crippen molar-refractivity contribution in [3.05, 3.63) is 35.4 Å². The molecule has 1 aromatic carbocycles. The summed E-state index contributed by atoms with van der Waals surface area (Å²) in [7, 11) is 0. The van der Waals surface area contributed by atoms with Gasteiger partial charge in [-0.15, -0.1) is 0 Å². The van der Waals surface area contributed by atoms with E-state index in [9.17, 15) is 9.59 Å². The minimum atomic E-state index is -0.347. The Morgan fingerprint density at radius 2 is 1.00 bits per heavy atom. The summed E-state index contributed by atoms with van der Waals surface area (Å²) in [6, 6.07) is 6.28. The molecule has 0 spiro atoms. The molecule has 108 valence electrons. The summed E-state index contributed by atoms with van der Waals surface area (Å²) >= 11 is 0. The van der Waals surface area contributed by atoms with Gasteiger partial charge in [0.05, 0.1) is 24.3 Å². The van der Waals surface area contributed by atoms with Crippen molar-refractivity contribution in [2.24, 2.45) is 0 Å². The normalized spacial score (nSPS) is 18.4. The molecule has 0 unspecified atom stereocenters. The highest BCUT2D eigenvalue weighted by Gasteiger charge is 2.12. The van der Waals surface area contributed by atoms with Crippen LogP contribution in [0.4, 0.5) is 0 Å². The number of esters is 2. The van der Waals surface area contributed by atoms with Crippen molar-refractivity contribution < 1.29 is 23.8 Å². The fraction of sp³-hybridized carbons (Fsp3) is 0.467. The van der Waals surface area contributed by atoms with E-state index in [-0.39, 0.29) is 11.9 Å². The zero-order valence-corrected chi connectivity index (χ0v) is 11.3. The first kappa shape index (κ1) is 14.5. The van der Waals surface area contributed by atoms with Crippen molar-refractivity contribution in [2.45, 2.75) is 19.3 Å². The van der Waals surface area contributed by atoms with Crippen molar-refractivity contribution in [1.82, 2.24) is 0 Å². The van der Waals surface area contributed by atoms with Gasteiger partial charge in [0, 0.05) is 13.2 Å². The van der Waals surface area contributed by atoms with E-state index in [1.54, 1.807) is 24.3 Å². The van der Waals surface area contributed by atoms with E-state index in [0.717, 1.165) is 13.2 Å². The second-order valence-corrected chi connectivity index (χ2v) is 4.52. The molecule has 1 saturated heterocycles. The van der Waals surface area contributed by atoms with Gasteiger partial charge in [0.25, 0.3) is 0 Å². The van der Waals surface area contributed by atoms with Gasteiger partial charge in [-0.05, 0) is 43.5 Å². The molecule has 0 atom stereocenters. The maximum atomic E-state index is 11.5. The number of carbonyl (C=O) groups excluding carboxylic acids is 2. The number of rotatable bonds is 0. The average Bonchev–Trinajstić information content (AvgIpc) is 2.39. The largest absolute Gasteiger partial charge is 0.462 e. The van der Waals surface area contributed by atoms with Crippen LogP contribution in [-0.2, 0) is 14.2 Å². The molecule has 0 radical (unpaired) electrons. The van der Waals surface area contributed by atoms with Crippen LogP contribution >= 0.6 is 0 Å². The summed E-state index contributed by atoms with van der Waals surface area (Å²) in [6.45, 7) is 2.72. The van der Waals surface area contributed by atoms with Crippen LogP contribution in [0.2, 0.25) is 0 Å². The summed E-state index contributed by atoms with van der Waals surface area (Å²) in [5, 5.41) is 0. The molecule has 3 heterocycles. The van der Waals surface area contributed by atoms with Gasteiger partial charge in [0.2, 0.25) is 0 Å². The van der Waals surface area contributed by atoms with Crippen molar-refractivity contribution in [3.63, 3.8) is 0 Å². The van der Waals surface area contributed by atoms with Gasteiger partial charge in [-0.25, -0.2) is 9.59 Å². The lowest BCUT2D eigenvalue weighted by molar-refractivity contribution is 0.0367. The van der Waals surface area contributed by atoms with Crippen LogP contribution in [0.3, 0.4) is 0 Å². The molecule has 0 N–H and O–H groups in total. The second kappa shape index (κ2) is 7.65. The van der Waals surface area contributed by atoms with Crippen LogP contribution in [0.25, 0.3) is 0 Å². The van der Waals surface area contributed by atoms with Crippen molar-refractivity contribution in [3.8, 4) is 0 Å². The quantitative estimate of drug-likeness (QED) is 0.681. The molecule has 0 aliphatic carbocycles. The Kier molecular flexibility index (Phi) is 5.55. The fourth-order valence-corrected chi connectivity index (χ4v) is 1.59. The lowest BCUT2D eigenvalue weighted by Gasteiger charge is -2.09. The molecule has 5 heteroatoms. The van der Waals surface area contributed by atoms with Gasteiger partial charge in [-0.2, -0.15) is 0 Å². The zero-order valence-electron chi connectivity index (χ0n) is 11.3. The standard InChI is InChI=1S/C12H12O4.C3H6O/c13-11-9-3-5-10(6-4-9)12(14)16-8-2-1-7-15-11;1-2-4-3-1/h3-6H,1-2,7-8H2;1-3H2. The SMILES string of the molecule is C1COC1.O=C1OCCCCOC(=O)c2ccc1cc2. The summed E-state index contributed by atoms with van der Waals surface area (Å²) in [5.74, 6) is -0.694. The summed E-state index contributed by atoms with van der Waals surface area (Å²) in [5.41, 5.74) is 0.911. The lowest BCUT2D eigenvalue weighted by Crippen LogP contribution is -2.12. The number of carbonyl (C=O) groups is 2. The minimum Gasteiger partial charge on any atom is -0.462 e. The van der Waals surface area contributed by atoms with Crippen molar-refractivity contribution >= 4 is 11.9 Å². The minimum absolute atomic E-state index is 0.347. The predicted octanol–water partition coefficient (Wildman–Crippen LogP) is 2.20. The van der Waals surface area contributed by atoms with E-state index >= 15 is 0 Å². The Labute approximate surface area is 117 Å². The lowest BCUT2D eigenvalue weighted by atomic mass is 10.1. The highest BCUT2D eigenvalue weighted by Crippen LogP contribution is 2.09. The van der Waals surface area contributed by atoms with Gasteiger partial charge < -0.3 is 14.2 Å². The van der Waals surface area contributed by atoms with E-state index in [2.05, 4.69) is 0 Å². The molecule has 1 aromatic rings. The Hall–Kier alpha value is -1.88. The van der Waals surface area contributed by atoms with Crippen LogP contribution in [0.1, 0.15) is 40.0 Å². The van der Waals surface area contributed by atoms with Crippen LogP contribution in [0, 0.1) is 0 Å². The van der Waals surface area contributed by atoms with Gasteiger partial charge in [-0.3, -0.25) is 0 Å². The first-order chi connectivity index (χ1) is 9.77. The fourth-order valence-electron chi connectivity index (χ4n) is 1.59. The highest BCUT2D eigenvalue weighted by molar-refractivity contribution is 5.93. The summed E-state index contributed by atoms with van der Waals surface area (Å²) < 4.78 is 14.8. The number of hydrogen-bond donors (Lipinski definition) is 0. The molecule has 0 aromatic heterocycles. The number of hydrogen-bond acceptors (Lipinski definition) is 5. The Balaban J connectivity index is 0.000000315. The smallest absolute Gasteiger partial charge is 0.338 e. The first-order valence-corrected chi connectivity index (χ1v) is 6.79. The molecule has 2 bridgehead atoms. The first-order valence-electron chi connectivity index (χ1n) is 6.79. The molecule has 3 aliphatic rings. The van der Waals surface area contributed by atoms with Crippen LogP contribution in [0.5, 0.6) is 0 Å². The van der Waals surface area contributed by atoms with E-state index in [0.29, 0.717) is 37.2 Å². The maximum Gasteiger partial charge on any atom is 0.338 e. The van der Waals surface area contributed by atoms with E-state index in [1.165, 1.54) is 6.42 Å². The number of benzene rings is 1. The molecular weight excluding hydrogens is 260 g/mol. The molecule has 1 fully saturated rings. The molecular formula is C15H18O5. The Morgan fingerprint density at radius 1 is 0.650 bits per heavy atom. The third-order valence-electron chi connectivity index (χ3n) is 2.94. The molecule has 3 aliphatic heterocycles. The Morgan fingerprint density at radius 3 is 1.30 bits per heavy atom. The van der Waals surface area contributed by atoms with E-state index in [4.69, 9.17) is 14.2 Å². The topological polar surface area (TPSA) is 61.8 Å². The van der Waals surface area contributed by atoms with E-state index < -0.39 is 0 Å². The van der Waals surface area contributed by atoms with Gasteiger partial charge in [0.1, 0.15) is 0 Å². The monoisotopic (exact) mass is 278 g/mol. The van der Waals surface area contributed by atoms with Crippen LogP contribution in [0.15, 0.2) is 24.3 Å². The molecule has 0 amide bonds. The molecule has 5 nitrogen and oxygen atoms in total. The predicted molar refractivity (Wildman–Crippen MR) is 71.7 cm³/mol. The van der Waals surface area contributed by atoms with Gasteiger partial charge >= 0.3 is 11.9 Å². The molecule has 4 rings (SSSR count). The number of ether oxygens (including phenoxy) is 3. The average molecular weight is 278 g/mol. The van der Waals surface area contributed by atoms with Crippen molar-refractivity contribution in [1.29, 1.82) is 0 Å². The van der Waals surface area contributed by atoms with Gasteiger partial charge in [0.15, 0.2) is 0 Å². The van der Waals surface area contributed by atoms with Gasteiger partial charge in [-0.1, -0.05) is 0 Å². The van der Waals surface area contributed by atoms with Crippen LogP contribution < -0.4 is 0 Å². The van der Waals surface area contributed by atoms with E-state index in [1.807, 2.05) is 0 Å². The summed E-state index contributed by atoms with van der Waals surface area (Å²) in [4.78, 5) is 23.0. The van der Waals surface area contributed by atoms with Crippen molar-refractivity contribution in [2.75, 3.05) is 26.4 Å². The second-order valence-electron chi connectivity index (χ2n) is 4.52. The van der Waals surface area contributed by atoms with Crippen LogP contribution in [-0.4, -0.2) is 38.4 Å². The molecule has 0 saturated carbocycles. The zero-order chi connectivity index (χ0) is 14.2. The number of fused-ring (bicyclic) bond motifs is 9.